The van der Waals surface area contributed by atoms with E-state index >= 15 is 0 Å². The predicted molar refractivity (Wildman–Crippen MR) is 110 cm³/mol. The van der Waals surface area contributed by atoms with Crippen LogP contribution in [0.15, 0.2) is 85.6 Å². The first-order valence-electron chi connectivity index (χ1n) is 9.28. The summed E-state index contributed by atoms with van der Waals surface area (Å²) in [6, 6.07) is 19.8. The molecule has 1 amide bonds. The van der Waals surface area contributed by atoms with E-state index in [1.54, 1.807) is 13.1 Å². The van der Waals surface area contributed by atoms with E-state index in [1.807, 2.05) is 60.7 Å². The summed E-state index contributed by atoms with van der Waals surface area (Å²) in [7, 11) is 1.67. The molecule has 2 aromatic carbocycles. The molecular weight excluding hydrogens is 366 g/mol. The highest BCUT2D eigenvalue weighted by Gasteiger charge is 2.34. The highest BCUT2D eigenvalue weighted by atomic mass is 16.5. The number of hydrogen-bond donors (Lipinski definition) is 1. The van der Waals surface area contributed by atoms with Crippen molar-refractivity contribution in [3.05, 3.63) is 102 Å². The third-order valence-corrected chi connectivity index (χ3v) is 4.59. The van der Waals surface area contributed by atoms with Gasteiger partial charge in [-0.15, -0.1) is 0 Å². The number of rotatable bonds is 8. The van der Waals surface area contributed by atoms with E-state index in [2.05, 4.69) is 17.0 Å². The highest BCUT2D eigenvalue weighted by Crippen LogP contribution is 2.29. The van der Waals surface area contributed by atoms with Gasteiger partial charge < -0.3 is 10.1 Å². The second-order valence-electron chi connectivity index (χ2n) is 6.51. The van der Waals surface area contributed by atoms with Crippen LogP contribution in [0.2, 0.25) is 0 Å². The van der Waals surface area contributed by atoms with E-state index in [0.29, 0.717) is 5.69 Å². The fraction of sp³-hybridized carbons (Fsp3) is 0.174. The van der Waals surface area contributed by atoms with Crippen LogP contribution in [-0.4, -0.2) is 34.3 Å². The SMILES string of the molecule is C=CCOC(=O)[C@@H](NC(=O)c1ccnn1C)C(c1ccccc1)c1ccccc1. The lowest BCUT2D eigenvalue weighted by molar-refractivity contribution is -0.145. The van der Waals surface area contributed by atoms with Gasteiger partial charge in [-0.25, -0.2) is 4.79 Å². The van der Waals surface area contributed by atoms with Crippen LogP contribution in [0, 0.1) is 0 Å². The number of aryl methyl sites for hydroxylation is 1. The lowest BCUT2D eigenvalue weighted by atomic mass is 9.85. The van der Waals surface area contributed by atoms with Crippen molar-refractivity contribution in [2.45, 2.75) is 12.0 Å². The zero-order valence-corrected chi connectivity index (χ0v) is 16.2. The van der Waals surface area contributed by atoms with E-state index in [0.717, 1.165) is 11.1 Å². The molecule has 148 valence electrons. The van der Waals surface area contributed by atoms with Crippen LogP contribution in [0.4, 0.5) is 0 Å². The molecule has 0 saturated carbocycles. The smallest absolute Gasteiger partial charge is 0.329 e. The molecule has 6 heteroatoms. The zero-order valence-electron chi connectivity index (χ0n) is 16.2. The van der Waals surface area contributed by atoms with Crippen LogP contribution in [-0.2, 0) is 16.6 Å². The molecule has 0 fully saturated rings. The number of aromatic nitrogens is 2. The molecule has 6 nitrogen and oxygen atoms in total. The third kappa shape index (κ3) is 4.79. The molecule has 3 rings (SSSR count). The molecule has 1 aromatic heterocycles. The van der Waals surface area contributed by atoms with Gasteiger partial charge in [-0.1, -0.05) is 73.3 Å². The fourth-order valence-electron chi connectivity index (χ4n) is 3.22. The van der Waals surface area contributed by atoms with Gasteiger partial charge in [0.2, 0.25) is 0 Å². The molecule has 1 N–H and O–H groups in total. The summed E-state index contributed by atoms with van der Waals surface area (Å²) in [6.45, 7) is 3.65. The van der Waals surface area contributed by atoms with Crippen molar-refractivity contribution in [1.82, 2.24) is 15.1 Å². The normalized spacial score (nSPS) is 11.7. The topological polar surface area (TPSA) is 73.2 Å². The first-order valence-corrected chi connectivity index (χ1v) is 9.28. The van der Waals surface area contributed by atoms with Gasteiger partial charge in [0.15, 0.2) is 0 Å². The molecule has 0 aliphatic heterocycles. The molecule has 0 aliphatic rings. The molecule has 0 bridgehead atoms. The average molecular weight is 389 g/mol. The largest absolute Gasteiger partial charge is 0.460 e. The Kier molecular flexibility index (Phi) is 6.58. The quantitative estimate of drug-likeness (QED) is 0.475. The van der Waals surface area contributed by atoms with Crippen molar-refractivity contribution < 1.29 is 14.3 Å². The van der Waals surface area contributed by atoms with Gasteiger partial charge in [-0.2, -0.15) is 5.10 Å². The molecule has 29 heavy (non-hydrogen) atoms. The van der Waals surface area contributed by atoms with Crippen LogP contribution in [0.25, 0.3) is 0 Å². The first kappa shape index (κ1) is 20.1. The minimum Gasteiger partial charge on any atom is -0.460 e. The lowest BCUT2D eigenvalue weighted by Gasteiger charge is -2.27. The second-order valence-corrected chi connectivity index (χ2v) is 6.51. The number of nitrogens with zero attached hydrogens (tertiary/aromatic N) is 2. The number of hydrogen-bond acceptors (Lipinski definition) is 4. The molecular formula is C23H23N3O3. The van der Waals surface area contributed by atoms with Crippen molar-refractivity contribution in [3.63, 3.8) is 0 Å². The maximum absolute atomic E-state index is 13.0. The Balaban J connectivity index is 2.02. The Morgan fingerprint density at radius 2 is 1.66 bits per heavy atom. The molecule has 0 aliphatic carbocycles. The van der Waals surface area contributed by atoms with Gasteiger partial charge in [0, 0.05) is 19.2 Å². The Morgan fingerprint density at radius 1 is 1.07 bits per heavy atom. The number of amides is 1. The van der Waals surface area contributed by atoms with Crippen molar-refractivity contribution in [2.24, 2.45) is 7.05 Å². The van der Waals surface area contributed by atoms with Crippen molar-refractivity contribution in [2.75, 3.05) is 6.61 Å². The third-order valence-electron chi connectivity index (χ3n) is 4.59. The van der Waals surface area contributed by atoms with Crippen LogP contribution < -0.4 is 5.32 Å². The first-order chi connectivity index (χ1) is 14.1. The lowest BCUT2D eigenvalue weighted by Crippen LogP contribution is -2.46. The summed E-state index contributed by atoms with van der Waals surface area (Å²) in [4.78, 5) is 25.9. The predicted octanol–water partition coefficient (Wildman–Crippen LogP) is 3.08. The van der Waals surface area contributed by atoms with E-state index < -0.39 is 23.8 Å². The summed E-state index contributed by atoms with van der Waals surface area (Å²) in [5.41, 5.74) is 2.14. The maximum Gasteiger partial charge on any atom is 0.329 e. The van der Waals surface area contributed by atoms with Gasteiger partial charge in [0.05, 0.1) is 0 Å². The van der Waals surface area contributed by atoms with Crippen LogP contribution in [0.5, 0.6) is 0 Å². The van der Waals surface area contributed by atoms with Crippen molar-refractivity contribution in [3.8, 4) is 0 Å². The summed E-state index contributed by atoms with van der Waals surface area (Å²) in [5.74, 6) is -1.35. The Hall–Kier alpha value is -3.67. The Labute approximate surface area is 169 Å². The number of benzene rings is 2. The van der Waals surface area contributed by atoms with Gasteiger partial charge >= 0.3 is 5.97 Å². The molecule has 0 saturated heterocycles. The van der Waals surface area contributed by atoms with Gasteiger partial charge in [0.25, 0.3) is 5.91 Å². The zero-order chi connectivity index (χ0) is 20.6. The van der Waals surface area contributed by atoms with Crippen LogP contribution in [0.1, 0.15) is 27.5 Å². The van der Waals surface area contributed by atoms with Crippen LogP contribution in [0.3, 0.4) is 0 Å². The number of carbonyl (C=O) groups excluding carboxylic acids is 2. The van der Waals surface area contributed by atoms with E-state index in [1.165, 1.54) is 17.0 Å². The maximum atomic E-state index is 13.0. The minimum atomic E-state index is -0.929. The summed E-state index contributed by atoms with van der Waals surface area (Å²) < 4.78 is 6.79. The molecule has 0 spiro atoms. The molecule has 0 radical (unpaired) electrons. The second kappa shape index (κ2) is 9.50. The van der Waals surface area contributed by atoms with E-state index in [9.17, 15) is 9.59 Å². The fourth-order valence-corrected chi connectivity index (χ4v) is 3.22. The Morgan fingerprint density at radius 3 is 2.14 bits per heavy atom. The highest BCUT2D eigenvalue weighted by molar-refractivity contribution is 5.95. The molecule has 1 heterocycles. The van der Waals surface area contributed by atoms with Gasteiger partial charge in [0.1, 0.15) is 18.3 Å². The summed E-state index contributed by atoms with van der Waals surface area (Å²) in [6.07, 6.45) is 3.03. The Bertz CT molecular complexity index is 928. The van der Waals surface area contributed by atoms with Gasteiger partial charge in [-0.05, 0) is 17.2 Å². The number of esters is 1. The van der Waals surface area contributed by atoms with Crippen molar-refractivity contribution >= 4 is 11.9 Å². The van der Waals surface area contributed by atoms with Crippen molar-refractivity contribution in [1.29, 1.82) is 0 Å². The number of nitrogens with one attached hydrogen (secondary N) is 1. The standard InChI is InChI=1S/C23H23N3O3/c1-3-16-29-23(28)21(25-22(27)19-14-15-24-26(19)2)20(17-10-6-4-7-11-17)18-12-8-5-9-13-18/h3-15,20-21H,1,16H2,2H3,(H,25,27)/t21-/m0/s1. The summed E-state index contributed by atoms with van der Waals surface area (Å²) >= 11 is 0. The average Bonchev–Trinajstić information content (AvgIpc) is 3.19. The number of ether oxygens (including phenoxy) is 1. The monoisotopic (exact) mass is 389 g/mol. The van der Waals surface area contributed by atoms with E-state index in [4.69, 9.17) is 4.74 Å². The minimum absolute atomic E-state index is 0.0627. The van der Waals surface area contributed by atoms with Gasteiger partial charge in [-0.3, -0.25) is 9.48 Å². The van der Waals surface area contributed by atoms with Crippen LogP contribution >= 0.6 is 0 Å². The van der Waals surface area contributed by atoms with E-state index in [-0.39, 0.29) is 6.61 Å². The summed E-state index contributed by atoms with van der Waals surface area (Å²) in [5, 5.41) is 6.88. The molecule has 0 unspecified atom stereocenters. The number of carbonyl (C=O) groups is 2. The molecule has 1 atom stereocenters. The molecule has 3 aromatic rings.